The molecule has 0 unspecified atom stereocenters. The third-order valence-electron chi connectivity index (χ3n) is 2.46. The molecule has 0 saturated heterocycles. The Morgan fingerprint density at radius 3 is 2.78 bits per heavy atom. The number of anilines is 1. The van der Waals surface area contributed by atoms with E-state index in [-0.39, 0.29) is 18.3 Å². The highest BCUT2D eigenvalue weighted by Crippen LogP contribution is 1.98. The number of hydrogen-bond acceptors (Lipinski definition) is 4. The zero-order chi connectivity index (χ0) is 12.8. The van der Waals surface area contributed by atoms with Gasteiger partial charge in [-0.05, 0) is 12.0 Å². The van der Waals surface area contributed by atoms with Crippen molar-refractivity contribution in [2.45, 2.75) is 12.8 Å². The van der Waals surface area contributed by atoms with Crippen LogP contribution in [0, 0.1) is 0 Å². The largest absolute Gasteiger partial charge is 0.367 e. The second-order valence-corrected chi connectivity index (χ2v) is 3.90. The number of amides is 1. The molecule has 6 nitrogen and oxygen atoms in total. The zero-order valence-corrected chi connectivity index (χ0v) is 9.89. The molecule has 18 heavy (non-hydrogen) atoms. The minimum atomic E-state index is -0.0953. The van der Waals surface area contributed by atoms with Gasteiger partial charge in [0.1, 0.15) is 5.82 Å². The monoisotopic (exact) mass is 245 g/mol. The zero-order valence-electron chi connectivity index (χ0n) is 9.89. The van der Waals surface area contributed by atoms with E-state index in [1.54, 1.807) is 0 Å². The van der Waals surface area contributed by atoms with Gasteiger partial charge in [-0.2, -0.15) is 4.98 Å². The number of nitrogens with one attached hydrogen (secondary N) is 2. The highest BCUT2D eigenvalue weighted by atomic mass is 16.1. The van der Waals surface area contributed by atoms with Crippen molar-refractivity contribution >= 4 is 11.9 Å². The number of carbonyl (C=O) groups excluding carboxylic acids is 1. The van der Waals surface area contributed by atoms with E-state index < -0.39 is 0 Å². The van der Waals surface area contributed by atoms with E-state index in [9.17, 15) is 4.79 Å². The van der Waals surface area contributed by atoms with Crippen molar-refractivity contribution < 1.29 is 4.79 Å². The first-order chi connectivity index (χ1) is 8.74. The smallest absolute Gasteiger partial charge is 0.239 e. The van der Waals surface area contributed by atoms with E-state index in [0.29, 0.717) is 12.4 Å². The fraction of sp³-hybridized carbons (Fsp3) is 0.250. The second kappa shape index (κ2) is 5.81. The van der Waals surface area contributed by atoms with Crippen molar-refractivity contribution in [3.63, 3.8) is 0 Å². The van der Waals surface area contributed by atoms with Gasteiger partial charge in [0.15, 0.2) is 0 Å². The van der Waals surface area contributed by atoms with Gasteiger partial charge in [-0.3, -0.25) is 9.89 Å². The van der Waals surface area contributed by atoms with Crippen LogP contribution in [0.25, 0.3) is 0 Å². The van der Waals surface area contributed by atoms with Gasteiger partial charge in [0.2, 0.25) is 11.9 Å². The Morgan fingerprint density at radius 1 is 1.33 bits per heavy atom. The average Bonchev–Trinajstić information content (AvgIpc) is 2.76. The maximum atomic E-state index is 11.6. The highest BCUT2D eigenvalue weighted by molar-refractivity contribution is 5.77. The van der Waals surface area contributed by atoms with Crippen molar-refractivity contribution in [2.24, 2.45) is 0 Å². The summed E-state index contributed by atoms with van der Waals surface area (Å²) in [4.78, 5) is 15.4. The van der Waals surface area contributed by atoms with Crippen LogP contribution in [0.4, 0.5) is 5.95 Å². The molecule has 1 heterocycles. The van der Waals surface area contributed by atoms with Crippen molar-refractivity contribution in [3.8, 4) is 0 Å². The average molecular weight is 245 g/mol. The Kier molecular flexibility index (Phi) is 3.90. The Labute approximate surface area is 105 Å². The lowest BCUT2D eigenvalue weighted by atomic mass is 10.1. The van der Waals surface area contributed by atoms with E-state index in [1.165, 1.54) is 5.56 Å². The Hall–Kier alpha value is -2.37. The predicted molar refractivity (Wildman–Crippen MR) is 67.7 cm³/mol. The molecule has 4 N–H and O–H groups in total. The summed E-state index contributed by atoms with van der Waals surface area (Å²) in [7, 11) is 0. The summed E-state index contributed by atoms with van der Waals surface area (Å²) in [5.41, 5.74) is 6.54. The maximum absolute atomic E-state index is 11.6. The van der Waals surface area contributed by atoms with Crippen molar-refractivity contribution in [3.05, 3.63) is 41.7 Å². The number of nitrogens with zero attached hydrogens (tertiary/aromatic N) is 2. The molecule has 2 rings (SSSR count). The van der Waals surface area contributed by atoms with Crippen LogP contribution in [0.5, 0.6) is 0 Å². The number of nitrogen functional groups attached to an aromatic ring is 1. The minimum Gasteiger partial charge on any atom is -0.367 e. The van der Waals surface area contributed by atoms with Gasteiger partial charge in [0, 0.05) is 6.54 Å². The van der Waals surface area contributed by atoms with Gasteiger partial charge in [0.05, 0.1) is 6.42 Å². The normalized spacial score (nSPS) is 10.2. The third-order valence-corrected chi connectivity index (χ3v) is 2.46. The first kappa shape index (κ1) is 12.1. The maximum Gasteiger partial charge on any atom is 0.239 e. The number of aromatic nitrogens is 3. The number of rotatable bonds is 5. The number of hydrogen-bond donors (Lipinski definition) is 3. The first-order valence-corrected chi connectivity index (χ1v) is 5.71. The number of H-pyrrole nitrogens is 1. The molecule has 0 bridgehead atoms. The Morgan fingerprint density at radius 2 is 2.11 bits per heavy atom. The fourth-order valence-electron chi connectivity index (χ4n) is 1.59. The molecule has 6 heteroatoms. The Bertz CT molecular complexity index is 508. The van der Waals surface area contributed by atoms with Crippen LogP contribution in [-0.2, 0) is 17.6 Å². The quantitative estimate of drug-likeness (QED) is 0.705. The molecular weight excluding hydrogens is 230 g/mol. The molecule has 0 aliphatic rings. The summed E-state index contributed by atoms with van der Waals surface area (Å²) >= 11 is 0. The van der Waals surface area contributed by atoms with Crippen molar-refractivity contribution in [1.29, 1.82) is 0 Å². The molecule has 94 valence electrons. The summed E-state index contributed by atoms with van der Waals surface area (Å²) < 4.78 is 0. The van der Waals surface area contributed by atoms with Crippen LogP contribution >= 0.6 is 0 Å². The summed E-state index contributed by atoms with van der Waals surface area (Å²) in [6, 6.07) is 9.99. The molecule has 1 amide bonds. The van der Waals surface area contributed by atoms with Crippen LogP contribution in [0.15, 0.2) is 30.3 Å². The lowest BCUT2D eigenvalue weighted by Crippen LogP contribution is -2.27. The van der Waals surface area contributed by atoms with Gasteiger partial charge >= 0.3 is 0 Å². The van der Waals surface area contributed by atoms with Gasteiger partial charge < -0.3 is 11.1 Å². The minimum absolute atomic E-state index is 0.0953. The van der Waals surface area contributed by atoms with Gasteiger partial charge in [0.25, 0.3) is 0 Å². The predicted octanol–water partition coefficient (Wildman–Crippen LogP) is 0.288. The van der Waals surface area contributed by atoms with Gasteiger partial charge in [-0.1, -0.05) is 30.3 Å². The molecule has 1 aromatic heterocycles. The number of carbonyl (C=O) groups is 1. The van der Waals surface area contributed by atoms with Gasteiger partial charge in [-0.25, -0.2) is 0 Å². The molecule has 0 atom stereocenters. The second-order valence-electron chi connectivity index (χ2n) is 3.90. The lowest BCUT2D eigenvalue weighted by molar-refractivity contribution is -0.120. The molecule has 2 aromatic rings. The summed E-state index contributed by atoms with van der Waals surface area (Å²) in [5, 5.41) is 9.08. The topological polar surface area (TPSA) is 96.7 Å². The molecule has 1 aromatic carbocycles. The van der Waals surface area contributed by atoms with E-state index in [1.807, 2.05) is 30.3 Å². The number of benzene rings is 1. The summed E-state index contributed by atoms with van der Waals surface area (Å²) in [5.74, 6) is 0.536. The molecular formula is C12H15N5O. The lowest BCUT2D eigenvalue weighted by Gasteiger charge is -2.03. The fourth-order valence-corrected chi connectivity index (χ4v) is 1.59. The van der Waals surface area contributed by atoms with Crippen LogP contribution in [0.3, 0.4) is 0 Å². The molecule has 0 radical (unpaired) electrons. The molecule has 0 spiro atoms. The van der Waals surface area contributed by atoms with E-state index in [0.717, 1.165) is 6.42 Å². The molecule has 0 aliphatic heterocycles. The van der Waals surface area contributed by atoms with E-state index in [4.69, 9.17) is 5.73 Å². The number of nitrogens with two attached hydrogens (primary N) is 1. The third kappa shape index (κ3) is 3.58. The van der Waals surface area contributed by atoms with E-state index in [2.05, 4.69) is 20.5 Å². The molecule has 0 aliphatic carbocycles. The SMILES string of the molecule is Nc1n[nH]c(CC(=O)NCCc2ccccc2)n1. The van der Waals surface area contributed by atoms with Crippen molar-refractivity contribution in [2.75, 3.05) is 12.3 Å². The van der Waals surface area contributed by atoms with Crippen LogP contribution in [-0.4, -0.2) is 27.6 Å². The first-order valence-electron chi connectivity index (χ1n) is 5.71. The van der Waals surface area contributed by atoms with E-state index >= 15 is 0 Å². The molecule has 0 saturated carbocycles. The Balaban J connectivity index is 1.72. The summed E-state index contributed by atoms with van der Waals surface area (Å²) in [6.45, 7) is 0.604. The van der Waals surface area contributed by atoms with Crippen LogP contribution in [0.1, 0.15) is 11.4 Å². The standard InChI is InChI=1S/C12H15N5O/c13-12-15-10(16-17-12)8-11(18)14-7-6-9-4-2-1-3-5-9/h1-5H,6-8H2,(H,14,18)(H3,13,15,16,17). The van der Waals surface area contributed by atoms with Gasteiger partial charge in [-0.15, -0.1) is 5.10 Å². The van der Waals surface area contributed by atoms with Crippen LogP contribution < -0.4 is 11.1 Å². The number of aromatic amines is 1. The van der Waals surface area contributed by atoms with Crippen LogP contribution in [0.2, 0.25) is 0 Å². The molecule has 0 fully saturated rings. The van der Waals surface area contributed by atoms with Crippen molar-refractivity contribution in [1.82, 2.24) is 20.5 Å². The highest BCUT2D eigenvalue weighted by Gasteiger charge is 2.06. The summed E-state index contributed by atoms with van der Waals surface area (Å²) in [6.07, 6.45) is 0.976.